The lowest BCUT2D eigenvalue weighted by Crippen LogP contribution is -2.42. The van der Waals surface area contributed by atoms with E-state index in [1.165, 1.54) is 0 Å². The van der Waals surface area contributed by atoms with Gasteiger partial charge in [-0.05, 0) is 12.1 Å². The van der Waals surface area contributed by atoms with E-state index in [4.69, 9.17) is 10.5 Å². The second kappa shape index (κ2) is 6.71. The Morgan fingerprint density at radius 2 is 2.15 bits per heavy atom. The van der Waals surface area contributed by atoms with Crippen LogP contribution in [0.1, 0.15) is 0 Å². The number of nitrogens with zero attached hydrogens (tertiary/aromatic N) is 1. The normalized spacial score (nSPS) is 16.9. The molecule has 0 aromatic heterocycles. The third kappa shape index (κ3) is 3.94. The molecule has 1 aromatic carbocycles. The van der Waals surface area contributed by atoms with Crippen LogP contribution >= 0.6 is 0 Å². The van der Waals surface area contributed by atoms with Crippen LogP contribution in [0.5, 0.6) is 5.75 Å². The van der Waals surface area contributed by atoms with Crippen molar-refractivity contribution in [2.45, 2.75) is 0 Å². The maximum atomic E-state index is 12.0. The van der Waals surface area contributed by atoms with Crippen molar-refractivity contribution in [3.8, 4) is 5.75 Å². The van der Waals surface area contributed by atoms with Gasteiger partial charge in [-0.2, -0.15) is 0 Å². The number of nitrogen functional groups attached to an aromatic ring is 1. The fourth-order valence-electron chi connectivity index (χ4n) is 2.01. The minimum absolute atomic E-state index is 0.116. The molecule has 1 aliphatic heterocycles. The van der Waals surface area contributed by atoms with Crippen LogP contribution in [-0.2, 0) is 15.6 Å². The molecular formula is C13H19N3O3S. The number of hydrogen-bond acceptors (Lipinski definition) is 5. The van der Waals surface area contributed by atoms with Crippen molar-refractivity contribution in [1.82, 2.24) is 4.90 Å². The summed E-state index contributed by atoms with van der Waals surface area (Å²) in [6.45, 7) is 1.68. The highest BCUT2D eigenvalue weighted by molar-refractivity contribution is 7.85. The lowest BCUT2D eigenvalue weighted by atomic mass is 10.2. The first-order chi connectivity index (χ1) is 9.58. The Balaban J connectivity index is 1.89. The van der Waals surface area contributed by atoms with E-state index in [0.717, 1.165) is 0 Å². The standard InChI is InChI=1S/C13H19N3O3S/c1-19-10-2-3-12(11(14)8-10)15-13(17)9-16-4-6-20(18)7-5-16/h2-3,8H,4-7,9,14H2,1H3,(H,15,17). The summed E-state index contributed by atoms with van der Waals surface area (Å²) in [4.78, 5) is 13.9. The SMILES string of the molecule is COc1ccc(NC(=O)CN2CCS(=O)CC2)c(N)c1. The zero-order chi connectivity index (χ0) is 14.5. The minimum atomic E-state index is -0.728. The van der Waals surface area contributed by atoms with Gasteiger partial charge in [-0.15, -0.1) is 0 Å². The van der Waals surface area contributed by atoms with Crippen molar-refractivity contribution in [3.05, 3.63) is 18.2 Å². The van der Waals surface area contributed by atoms with Crippen molar-refractivity contribution in [2.24, 2.45) is 0 Å². The molecule has 1 heterocycles. The number of benzene rings is 1. The number of amides is 1. The van der Waals surface area contributed by atoms with E-state index < -0.39 is 10.8 Å². The number of carbonyl (C=O) groups is 1. The molecule has 110 valence electrons. The van der Waals surface area contributed by atoms with Crippen molar-refractivity contribution in [3.63, 3.8) is 0 Å². The maximum absolute atomic E-state index is 12.0. The molecule has 1 fully saturated rings. The molecule has 0 bridgehead atoms. The second-order valence-corrected chi connectivity index (χ2v) is 6.32. The Morgan fingerprint density at radius 1 is 1.45 bits per heavy atom. The Hall–Kier alpha value is -1.60. The molecule has 2 rings (SSSR count). The Morgan fingerprint density at radius 3 is 2.75 bits per heavy atom. The van der Waals surface area contributed by atoms with E-state index >= 15 is 0 Å². The molecule has 0 unspecified atom stereocenters. The first kappa shape index (κ1) is 14.8. The number of rotatable bonds is 4. The van der Waals surface area contributed by atoms with Gasteiger partial charge in [0.05, 0.1) is 25.0 Å². The zero-order valence-corrected chi connectivity index (χ0v) is 12.2. The van der Waals surface area contributed by atoms with Crippen LogP contribution in [0.2, 0.25) is 0 Å². The number of nitrogens with one attached hydrogen (secondary N) is 1. The second-order valence-electron chi connectivity index (χ2n) is 4.63. The van der Waals surface area contributed by atoms with Gasteiger partial charge in [-0.25, -0.2) is 0 Å². The third-order valence-corrected chi connectivity index (χ3v) is 4.45. The van der Waals surface area contributed by atoms with Crippen molar-refractivity contribution >= 4 is 28.1 Å². The van der Waals surface area contributed by atoms with Gasteiger partial charge in [-0.1, -0.05) is 0 Å². The Labute approximate surface area is 120 Å². The van der Waals surface area contributed by atoms with E-state index in [1.54, 1.807) is 25.3 Å². The molecule has 0 saturated carbocycles. The lowest BCUT2D eigenvalue weighted by molar-refractivity contribution is -0.117. The van der Waals surface area contributed by atoms with Crippen LogP contribution in [0.4, 0.5) is 11.4 Å². The van der Waals surface area contributed by atoms with Crippen LogP contribution in [0, 0.1) is 0 Å². The quantitative estimate of drug-likeness (QED) is 0.780. The van der Waals surface area contributed by atoms with Gasteiger partial charge < -0.3 is 15.8 Å². The third-order valence-electron chi connectivity index (χ3n) is 3.17. The first-order valence-electron chi connectivity index (χ1n) is 6.39. The maximum Gasteiger partial charge on any atom is 0.238 e. The predicted octanol–water partition coefficient (Wildman–Crippen LogP) is 0.280. The van der Waals surface area contributed by atoms with E-state index in [9.17, 15) is 9.00 Å². The summed E-state index contributed by atoms with van der Waals surface area (Å²) in [5, 5.41) is 2.78. The number of nitrogens with two attached hydrogens (primary N) is 1. The van der Waals surface area contributed by atoms with Gasteiger partial charge in [0.15, 0.2) is 0 Å². The molecule has 0 radical (unpaired) electrons. The molecule has 7 heteroatoms. The number of ether oxygens (including phenoxy) is 1. The summed E-state index contributed by atoms with van der Waals surface area (Å²) in [6, 6.07) is 5.13. The predicted molar refractivity (Wildman–Crippen MR) is 80.4 cm³/mol. The van der Waals surface area contributed by atoms with Gasteiger partial charge in [0.25, 0.3) is 0 Å². The molecule has 20 heavy (non-hydrogen) atoms. The Kier molecular flexibility index (Phi) is 4.97. The van der Waals surface area contributed by atoms with Crippen LogP contribution < -0.4 is 15.8 Å². The fourth-order valence-corrected chi connectivity index (χ4v) is 3.14. The smallest absolute Gasteiger partial charge is 0.238 e. The molecule has 0 spiro atoms. The average molecular weight is 297 g/mol. The van der Waals surface area contributed by atoms with Crippen molar-refractivity contribution < 1.29 is 13.7 Å². The number of carbonyl (C=O) groups excluding carboxylic acids is 1. The lowest BCUT2D eigenvalue weighted by Gasteiger charge is -2.25. The van der Waals surface area contributed by atoms with Crippen LogP contribution in [0.25, 0.3) is 0 Å². The summed E-state index contributed by atoms with van der Waals surface area (Å²) < 4.78 is 16.3. The largest absolute Gasteiger partial charge is 0.497 e. The molecule has 0 atom stereocenters. The molecular weight excluding hydrogens is 278 g/mol. The molecule has 0 aliphatic carbocycles. The molecule has 3 N–H and O–H groups in total. The van der Waals surface area contributed by atoms with Crippen molar-refractivity contribution in [1.29, 1.82) is 0 Å². The van der Waals surface area contributed by atoms with Crippen LogP contribution in [0.15, 0.2) is 18.2 Å². The monoisotopic (exact) mass is 297 g/mol. The van der Waals surface area contributed by atoms with Gasteiger partial charge >= 0.3 is 0 Å². The van der Waals surface area contributed by atoms with Gasteiger partial charge in [0.1, 0.15) is 5.75 Å². The zero-order valence-electron chi connectivity index (χ0n) is 11.4. The van der Waals surface area contributed by atoms with E-state index in [0.29, 0.717) is 48.3 Å². The molecule has 1 amide bonds. The number of hydrogen-bond donors (Lipinski definition) is 2. The summed E-state index contributed by atoms with van der Waals surface area (Å²) in [5.41, 5.74) is 6.90. The van der Waals surface area contributed by atoms with Gasteiger partial charge in [0, 0.05) is 41.5 Å². The van der Waals surface area contributed by atoms with Gasteiger partial charge in [-0.3, -0.25) is 13.9 Å². The molecule has 1 aliphatic rings. The topological polar surface area (TPSA) is 84.7 Å². The minimum Gasteiger partial charge on any atom is -0.497 e. The number of methoxy groups -OCH3 is 1. The fraction of sp³-hybridized carbons (Fsp3) is 0.462. The molecule has 6 nitrogen and oxygen atoms in total. The van der Waals surface area contributed by atoms with E-state index in [1.807, 2.05) is 4.90 Å². The van der Waals surface area contributed by atoms with Crippen LogP contribution in [0.3, 0.4) is 0 Å². The van der Waals surface area contributed by atoms with Crippen molar-refractivity contribution in [2.75, 3.05) is 49.3 Å². The van der Waals surface area contributed by atoms with E-state index in [2.05, 4.69) is 5.32 Å². The molecule has 1 aromatic rings. The summed E-state index contributed by atoms with van der Waals surface area (Å²) in [6.07, 6.45) is 0. The Bertz CT molecular complexity index is 512. The summed E-state index contributed by atoms with van der Waals surface area (Å²) in [5.74, 6) is 1.81. The highest BCUT2D eigenvalue weighted by atomic mass is 32.2. The average Bonchev–Trinajstić information content (AvgIpc) is 2.43. The first-order valence-corrected chi connectivity index (χ1v) is 7.88. The highest BCUT2D eigenvalue weighted by Crippen LogP contribution is 2.23. The van der Waals surface area contributed by atoms with Crippen LogP contribution in [-0.4, -0.2) is 53.3 Å². The summed E-state index contributed by atoms with van der Waals surface area (Å²) in [7, 11) is 0.834. The van der Waals surface area contributed by atoms with E-state index in [-0.39, 0.29) is 5.91 Å². The molecule has 1 saturated heterocycles. The summed E-state index contributed by atoms with van der Waals surface area (Å²) >= 11 is 0. The number of anilines is 2. The highest BCUT2D eigenvalue weighted by Gasteiger charge is 2.17. The van der Waals surface area contributed by atoms with Gasteiger partial charge in [0.2, 0.25) is 5.91 Å².